The predicted molar refractivity (Wildman–Crippen MR) is 86.5 cm³/mol. The lowest BCUT2D eigenvalue weighted by atomic mass is 9.71. The van der Waals surface area contributed by atoms with Crippen LogP contribution in [0.1, 0.15) is 49.3 Å². The summed E-state index contributed by atoms with van der Waals surface area (Å²) < 4.78 is 0. The number of fused-ring (bicyclic) bond motifs is 2. The molecule has 4 rings (SSSR count). The maximum absolute atomic E-state index is 10.7. The summed E-state index contributed by atoms with van der Waals surface area (Å²) in [5, 5.41) is 20.6. The lowest BCUT2D eigenvalue weighted by molar-refractivity contribution is -0.0563. The summed E-state index contributed by atoms with van der Waals surface area (Å²) in [6.07, 6.45) is 6.69. The molecule has 3 nitrogen and oxygen atoms in total. The molecule has 2 fully saturated rings. The molecule has 0 radical (unpaired) electrons. The summed E-state index contributed by atoms with van der Waals surface area (Å²) in [6.45, 7) is 1.36. The Balaban J connectivity index is 1.68. The molecule has 1 aliphatic heterocycles. The highest BCUT2D eigenvalue weighted by Gasteiger charge is 2.45. The van der Waals surface area contributed by atoms with Crippen molar-refractivity contribution in [1.29, 1.82) is 0 Å². The number of aliphatic hydroxyl groups is 2. The second kappa shape index (κ2) is 5.95. The van der Waals surface area contributed by atoms with E-state index in [0.717, 1.165) is 19.4 Å². The van der Waals surface area contributed by atoms with Gasteiger partial charge in [-0.05, 0) is 55.2 Å². The third-order valence-electron chi connectivity index (χ3n) is 6.25. The smallest absolute Gasteiger partial charge is 0.0777 e. The van der Waals surface area contributed by atoms with Crippen LogP contribution in [0.4, 0.5) is 0 Å². The normalized spacial score (nSPS) is 38.5. The summed E-state index contributed by atoms with van der Waals surface area (Å²) in [7, 11) is 0. The lowest BCUT2D eigenvalue weighted by Gasteiger charge is -2.51. The number of likely N-dealkylation sites (tertiary alicyclic amines) is 1. The average molecular weight is 301 g/mol. The molecule has 0 bridgehead atoms. The zero-order valence-electron chi connectivity index (χ0n) is 13.2. The van der Waals surface area contributed by atoms with Gasteiger partial charge in [0.1, 0.15) is 0 Å². The molecule has 1 heterocycles. The Morgan fingerprint density at radius 1 is 1.09 bits per heavy atom. The van der Waals surface area contributed by atoms with Crippen molar-refractivity contribution in [2.24, 2.45) is 11.8 Å². The van der Waals surface area contributed by atoms with Crippen LogP contribution in [0.15, 0.2) is 24.3 Å². The van der Waals surface area contributed by atoms with Crippen molar-refractivity contribution < 1.29 is 10.2 Å². The van der Waals surface area contributed by atoms with Gasteiger partial charge in [-0.25, -0.2) is 0 Å². The third-order valence-corrected chi connectivity index (χ3v) is 6.25. The average Bonchev–Trinajstić information content (AvgIpc) is 2.89. The molecule has 0 amide bonds. The van der Waals surface area contributed by atoms with Crippen LogP contribution in [0.2, 0.25) is 0 Å². The molecule has 3 heteroatoms. The van der Waals surface area contributed by atoms with Gasteiger partial charge < -0.3 is 10.2 Å². The molecule has 2 aliphatic carbocycles. The highest BCUT2D eigenvalue weighted by atomic mass is 16.3. The summed E-state index contributed by atoms with van der Waals surface area (Å²) in [4.78, 5) is 2.56. The predicted octanol–water partition coefficient (Wildman–Crippen LogP) is 2.52. The topological polar surface area (TPSA) is 43.7 Å². The number of hydrogen-bond acceptors (Lipinski definition) is 3. The van der Waals surface area contributed by atoms with Gasteiger partial charge in [-0.15, -0.1) is 0 Å². The van der Waals surface area contributed by atoms with Gasteiger partial charge in [0, 0.05) is 19.1 Å². The quantitative estimate of drug-likeness (QED) is 0.882. The van der Waals surface area contributed by atoms with Gasteiger partial charge in [0.2, 0.25) is 0 Å². The van der Waals surface area contributed by atoms with Crippen molar-refractivity contribution in [2.45, 2.75) is 56.7 Å². The van der Waals surface area contributed by atoms with Gasteiger partial charge >= 0.3 is 0 Å². The minimum atomic E-state index is -0.294. The number of benzene rings is 1. The molecule has 1 aromatic rings. The van der Waals surface area contributed by atoms with Gasteiger partial charge in [0.05, 0.1) is 12.1 Å². The fraction of sp³-hybridized carbons (Fsp3) is 0.684. The summed E-state index contributed by atoms with van der Waals surface area (Å²) in [5.41, 5.74) is 2.62. The van der Waals surface area contributed by atoms with E-state index >= 15 is 0 Å². The van der Waals surface area contributed by atoms with Crippen LogP contribution in [0.3, 0.4) is 0 Å². The maximum atomic E-state index is 10.7. The Morgan fingerprint density at radius 2 is 1.91 bits per heavy atom. The van der Waals surface area contributed by atoms with Crippen LogP contribution in [-0.2, 0) is 6.42 Å². The fourth-order valence-electron chi connectivity index (χ4n) is 5.39. The van der Waals surface area contributed by atoms with E-state index in [-0.39, 0.29) is 12.1 Å². The van der Waals surface area contributed by atoms with Crippen LogP contribution in [-0.4, -0.2) is 40.4 Å². The minimum Gasteiger partial charge on any atom is -0.396 e. The Hall–Kier alpha value is -0.900. The van der Waals surface area contributed by atoms with E-state index in [0.29, 0.717) is 24.5 Å². The first-order valence-electron chi connectivity index (χ1n) is 8.92. The molecular weight excluding hydrogens is 274 g/mol. The molecule has 5 atom stereocenters. The molecule has 3 aliphatic rings. The van der Waals surface area contributed by atoms with Crippen LogP contribution in [0, 0.1) is 11.8 Å². The third kappa shape index (κ3) is 2.31. The van der Waals surface area contributed by atoms with E-state index in [1.54, 1.807) is 0 Å². The second-order valence-electron chi connectivity index (χ2n) is 7.42. The van der Waals surface area contributed by atoms with Gasteiger partial charge in [-0.3, -0.25) is 4.90 Å². The summed E-state index contributed by atoms with van der Waals surface area (Å²) >= 11 is 0. The lowest BCUT2D eigenvalue weighted by Crippen LogP contribution is -2.54. The zero-order chi connectivity index (χ0) is 15.1. The maximum Gasteiger partial charge on any atom is 0.0777 e. The summed E-state index contributed by atoms with van der Waals surface area (Å²) in [5.74, 6) is 1.10. The van der Waals surface area contributed by atoms with E-state index in [9.17, 15) is 10.2 Å². The first-order valence-corrected chi connectivity index (χ1v) is 8.92. The molecule has 0 spiro atoms. The van der Waals surface area contributed by atoms with Crippen molar-refractivity contribution in [1.82, 2.24) is 4.90 Å². The Kier molecular flexibility index (Phi) is 3.97. The van der Waals surface area contributed by atoms with Crippen LogP contribution in [0.5, 0.6) is 0 Å². The molecule has 0 unspecified atom stereocenters. The monoisotopic (exact) mass is 301 g/mol. The minimum absolute atomic E-state index is 0.135. The molecule has 1 aromatic carbocycles. The number of aliphatic hydroxyl groups excluding tert-OH is 2. The van der Waals surface area contributed by atoms with Crippen molar-refractivity contribution >= 4 is 0 Å². The largest absolute Gasteiger partial charge is 0.396 e. The SMILES string of the molecule is OC[C@@H]1CCC[C@H]2CCCN([C@H]3c4ccccc4C[C@H]3O)[C@H]21. The number of piperidine rings is 1. The fourth-order valence-corrected chi connectivity index (χ4v) is 5.39. The van der Waals surface area contributed by atoms with E-state index in [1.807, 2.05) is 0 Å². The van der Waals surface area contributed by atoms with Crippen LogP contribution < -0.4 is 0 Å². The first-order chi connectivity index (χ1) is 10.8. The summed E-state index contributed by atoms with van der Waals surface area (Å²) in [6, 6.07) is 9.11. The number of nitrogens with zero attached hydrogens (tertiary/aromatic N) is 1. The van der Waals surface area contributed by atoms with E-state index in [1.165, 1.54) is 36.8 Å². The standard InChI is InChI=1S/C19H27NO2/c21-12-15-7-3-6-13-8-4-10-20(18(13)15)19-16-9-2-1-5-14(16)11-17(19)22/h1-2,5,9,13,15,17-19,21-22H,3-4,6-8,10-12H2/t13-,15-,17+,18+,19-/m0/s1. The van der Waals surface area contributed by atoms with Gasteiger partial charge in [-0.1, -0.05) is 30.7 Å². The Bertz CT molecular complexity index is 523. The van der Waals surface area contributed by atoms with E-state index < -0.39 is 0 Å². The highest BCUT2D eigenvalue weighted by molar-refractivity contribution is 5.36. The highest BCUT2D eigenvalue weighted by Crippen LogP contribution is 2.45. The molecule has 22 heavy (non-hydrogen) atoms. The van der Waals surface area contributed by atoms with Gasteiger partial charge in [-0.2, -0.15) is 0 Å². The Labute approximate surface area is 133 Å². The first kappa shape index (κ1) is 14.7. The molecule has 120 valence electrons. The Morgan fingerprint density at radius 3 is 2.77 bits per heavy atom. The van der Waals surface area contributed by atoms with Gasteiger partial charge in [0.15, 0.2) is 0 Å². The zero-order valence-corrected chi connectivity index (χ0v) is 13.2. The van der Waals surface area contributed by atoms with Gasteiger partial charge in [0.25, 0.3) is 0 Å². The molecular formula is C19H27NO2. The van der Waals surface area contributed by atoms with Crippen molar-refractivity contribution in [3.63, 3.8) is 0 Å². The van der Waals surface area contributed by atoms with Crippen LogP contribution >= 0.6 is 0 Å². The number of hydrogen-bond donors (Lipinski definition) is 2. The molecule has 1 saturated heterocycles. The number of rotatable bonds is 2. The van der Waals surface area contributed by atoms with Crippen molar-refractivity contribution in [3.05, 3.63) is 35.4 Å². The van der Waals surface area contributed by atoms with Crippen molar-refractivity contribution in [2.75, 3.05) is 13.2 Å². The molecule has 0 aromatic heterocycles. The van der Waals surface area contributed by atoms with E-state index in [4.69, 9.17) is 0 Å². The second-order valence-corrected chi connectivity index (χ2v) is 7.42. The van der Waals surface area contributed by atoms with Crippen molar-refractivity contribution in [3.8, 4) is 0 Å². The molecule has 2 N–H and O–H groups in total. The van der Waals surface area contributed by atoms with Crippen LogP contribution in [0.25, 0.3) is 0 Å². The molecule has 1 saturated carbocycles. The van der Waals surface area contributed by atoms with E-state index in [2.05, 4.69) is 29.2 Å².